The first-order valence-corrected chi connectivity index (χ1v) is 15.8. The van der Waals surface area contributed by atoms with Gasteiger partial charge in [-0.15, -0.1) is 0 Å². The van der Waals surface area contributed by atoms with Crippen molar-refractivity contribution in [2.24, 2.45) is 11.3 Å². The van der Waals surface area contributed by atoms with E-state index < -0.39 is 0 Å². The van der Waals surface area contributed by atoms with Crippen molar-refractivity contribution >= 4 is 21.5 Å². The molecule has 1 aliphatic carbocycles. The Balaban J connectivity index is 1.58. The Morgan fingerprint density at radius 3 is 2.10 bits per heavy atom. The summed E-state index contributed by atoms with van der Waals surface area (Å²) in [5.41, 5.74) is 12.6. The second-order valence-electron chi connectivity index (χ2n) is 15.5. The Bertz CT molecular complexity index is 1810. The highest BCUT2D eigenvalue weighted by Gasteiger charge is 2.36. The smallest absolute Gasteiger partial charge is 0.130 e. The van der Waals surface area contributed by atoms with E-state index in [2.05, 4.69) is 137 Å². The Morgan fingerprint density at radius 1 is 0.786 bits per heavy atom. The fourth-order valence-corrected chi connectivity index (χ4v) is 8.00. The number of hydrogen-bond acceptors (Lipinski definition) is 1. The SMILES string of the molecule is CC1=C(C(C)(C)C)CC(C)C=C1Cc1ccc2ccc(-c3ccc4cccc5c4c3C(C)(C)O5)c(C)c2c1C(C)(C)C. The minimum absolute atomic E-state index is 0.000725. The zero-order valence-electron chi connectivity index (χ0n) is 27.7. The van der Waals surface area contributed by atoms with Gasteiger partial charge in [0.05, 0.1) is 0 Å². The van der Waals surface area contributed by atoms with Crippen molar-refractivity contribution in [3.05, 3.63) is 99.6 Å². The second kappa shape index (κ2) is 9.60. The maximum atomic E-state index is 6.52. The first-order chi connectivity index (χ1) is 19.6. The number of allylic oxidation sites excluding steroid dienone is 4. The van der Waals surface area contributed by atoms with Gasteiger partial charge < -0.3 is 4.74 Å². The number of ether oxygens (including phenoxy) is 1. The van der Waals surface area contributed by atoms with Crippen molar-refractivity contribution in [2.45, 2.75) is 100 Å². The zero-order chi connectivity index (χ0) is 30.4. The van der Waals surface area contributed by atoms with E-state index in [1.807, 2.05) is 0 Å². The number of rotatable bonds is 3. The molecule has 0 N–H and O–H groups in total. The third-order valence-electron chi connectivity index (χ3n) is 9.78. The predicted octanol–water partition coefficient (Wildman–Crippen LogP) is 11.8. The van der Waals surface area contributed by atoms with Gasteiger partial charge in [-0.2, -0.15) is 0 Å². The Morgan fingerprint density at radius 2 is 1.43 bits per heavy atom. The van der Waals surface area contributed by atoms with Crippen LogP contribution >= 0.6 is 0 Å². The molecule has 0 saturated heterocycles. The summed E-state index contributed by atoms with van der Waals surface area (Å²) in [6.07, 6.45) is 4.69. The standard InChI is InChI=1S/C41H48O/c1-24-21-30(25(2)33(22-24)39(4,5)6)23-29-16-15-28-17-19-31(26(3)35(28)37(29)40(7,8)9)32-20-18-27-13-12-14-34-36(27)38(32)41(10,11)42-34/h12-21,24H,22-23H2,1-11H3. The fraction of sp³-hybridized carbons (Fsp3) is 0.415. The minimum atomic E-state index is -0.382. The lowest BCUT2D eigenvalue weighted by Gasteiger charge is -2.33. The molecular weight excluding hydrogens is 508 g/mol. The van der Waals surface area contributed by atoms with Crippen LogP contribution in [0.25, 0.3) is 32.7 Å². The fourth-order valence-electron chi connectivity index (χ4n) is 8.00. The Labute approximate surface area is 253 Å². The van der Waals surface area contributed by atoms with E-state index in [1.54, 1.807) is 5.57 Å². The van der Waals surface area contributed by atoms with Gasteiger partial charge in [0.1, 0.15) is 11.4 Å². The quantitative estimate of drug-likeness (QED) is 0.244. The molecule has 0 spiro atoms. The summed E-state index contributed by atoms with van der Waals surface area (Å²) in [6.45, 7) is 25.8. The van der Waals surface area contributed by atoms with Crippen molar-refractivity contribution in [2.75, 3.05) is 0 Å². The summed E-state index contributed by atoms with van der Waals surface area (Å²) < 4.78 is 6.52. The van der Waals surface area contributed by atoms with Gasteiger partial charge in [0.2, 0.25) is 0 Å². The van der Waals surface area contributed by atoms with Gasteiger partial charge in [-0.25, -0.2) is 0 Å². The summed E-state index contributed by atoms with van der Waals surface area (Å²) in [5, 5.41) is 5.25. The van der Waals surface area contributed by atoms with Crippen molar-refractivity contribution in [3.8, 4) is 16.9 Å². The number of fused-ring (bicyclic) bond motifs is 1. The molecule has 42 heavy (non-hydrogen) atoms. The van der Waals surface area contributed by atoms with Crippen LogP contribution in [-0.2, 0) is 17.4 Å². The minimum Gasteiger partial charge on any atom is -0.482 e. The maximum absolute atomic E-state index is 6.52. The van der Waals surface area contributed by atoms with Gasteiger partial charge in [0.25, 0.3) is 0 Å². The Kier molecular flexibility index (Phi) is 6.58. The van der Waals surface area contributed by atoms with Crippen LogP contribution in [0.15, 0.2) is 77.4 Å². The molecule has 1 atom stereocenters. The summed E-state index contributed by atoms with van der Waals surface area (Å²) in [7, 11) is 0. The number of aryl methyl sites for hydroxylation is 1. The lowest BCUT2D eigenvalue weighted by atomic mass is 9.72. The molecular formula is C41H48O. The average Bonchev–Trinajstić information content (AvgIpc) is 3.17. The highest BCUT2D eigenvalue weighted by Crippen LogP contribution is 2.50. The summed E-state index contributed by atoms with van der Waals surface area (Å²) in [5.74, 6) is 1.57. The first kappa shape index (κ1) is 28.8. The van der Waals surface area contributed by atoms with E-state index in [-0.39, 0.29) is 16.4 Å². The topological polar surface area (TPSA) is 9.23 Å². The highest BCUT2D eigenvalue weighted by atomic mass is 16.5. The van der Waals surface area contributed by atoms with E-state index in [1.165, 1.54) is 72.5 Å². The monoisotopic (exact) mass is 556 g/mol. The lowest BCUT2D eigenvalue weighted by molar-refractivity contribution is 0.126. The third kappa shape index (κ3) is 4.61. The maximum Gasteiger partial charge on any atom is 0.130 e. The van der Waals surface area contributed by atoms with E-state index in [4.69, 9.17) is 4.74 Å². The van der Waals surface area contributed by atoms with E-state index in [0.717, 1.165) is 12.2 Å². The van der Waals surface area contributed by atoms with Gasteiger partial charge in [-0.05, 0) is 118 Å². The molecule has 218 valence electrons. The summed E-state index contributed by atoms with van der Waals surface area (Å²) in [6, 6.07) is 20.5. The molecule has 0 bridgehead atoms. The van der Waals surface area contributed by atoms with Crippen LogP contribution < -0.4 is 4.74 Å². The molecule has 1 heterocycles. The molecule has 1 unspecified atom stereocenters. The molecule has 0 radical (unpaired) electrons. The van der Waals surface area contributed by atoms with Crippen LogP contribution in [0.4, 0.5) is 0 Å². The molecule has 0 saturated carbocycles. The molecule has 4 aromatic carbocycles. The zero-order valence-corrected chi connectivity index (χ0v) is 27.7. The lowest BCUT2D eigenvalue weighted by Crippen LogP contribution is -2.21. The Hall–Kier alpha value is -3.32. The molecule has 1 heteroatoms. The largest absolute Gasteiger partial charge is 0.482 e. The molecule has 0 fully saturated rings. The number of hydrogen-bond donors (Lipinski definition) is 0. The molecule has 2 aliphatic rings. The molecule has 4 aromatic rings. The third-order valence-corrected chi connectivity index (χ3v) is 9.78. The van der Waals surface area contributed by atoms with Gasteiger partial charge in [-0.3, -0.25) is 0 Å². The second-order valence-corrected chi connectivity index (χ2v) is 15.5. The van der Waals surface area contributed by atoms with Gasteiger partial charge in [0, 0.05) is 10.9 Å². The van der Waals surface area contributed by atoms with Crippen molar-refractivity contribution in [3.63, 3.8) is 0 Å². The first-order valence-electron chi connectivity index (χ1n) is 15.8. The van der Waals surface area contributed by atoms with Crippen LogP contribution in [-0.4, -0.2) is 0 Å². The summed E-state index contributed by atoms with van der Waals surface area (Å²) in [4.78, 5) is 0. The van der Waals surface area contributed by atoms with Gasteiger partial charge in [0.15, 0.2) is 0 Å². The van der Waals surface area contributed by atoms with Gasteiger partial charge >= 0.3 is 0 Å². The van der Waals surface area contributed by atoms with Crippen LogP contribution in [0, 0.1) is 18.3 Å². The molecule has 1 nitrogen and oxygen atoms in total. The van der Waals surface area contributed by atoms with Crippen LogP contribution in [0.1, 0.15) is 97.9 Å². The molecule has 6 rings (SSSR count). The summed E-state index contributed by atoms with van der Waals surface area (Å²) >= 11 is 0. The van der Waals surface area contributed by atoms with Crippen LogP contribution in [0.3, 0.4) is 0 Å². The van der Waals surface area contributed by atoms with Crippen LogP contribution in [0.2, 0.25) is 0 Å². The predicted molar refractivity (Wildman–Crippen MR) is 182 cm³/mol. The van der Waals surface area contributed by atoms with E-state index >= 15 is 0 Å². The van der Waals surface area contributed by atoms with Crippen molar-refractivity contribution in [1.82, 2.24) is 0 Å². The van der Waals surface area contributed by atoms with E-state index in [0.29, 0.717) is 5.92 Å². The molecule has 0 aromatic heterocycles. The van der Waals surface area contributed by atoms with E-state index in [9.17, 15) is 0 Å². The highest BCUT2D eigenvalue weighted by molar-refractivity contribution is 6.02. The average molecular weight is 557 g/mol. The number of benzene rings is 4. The van der Waals surface area contributed by atoms with Crippen molar-refractivity contribution in [1.29, 1.82) is 0 Å². The van der Waals surface area contributed by atoms with Crippen LogP contribution in [0.5, 0.6) is 5.75 Å². The van der Waals surface area contributed by atoms with Crippen molar-refractivity contribution < 1.29 is 4.74 Å². The normalized spacial score (nSPS) is 18.5. The molecule has 0 amide bonds. The molecule has 1 aliphatic heterocycles. The van der Waals surface area contributed by atoms with Gasteiger partial charge in [-0.1, -0.05) is 109 Å².